The zero-order valence-corrected chi connectivity index (χ0v) is 18.3. The second-order valence-corrected chi connectivity index (χ2v) is 8.29. The van der Waals surface area contributed by atoms with Crippen LogP contribution in [0.15, 0.2) is 54.7 Å². The first kappa shape index (κ1) is 21.3. The smallest absolute Gasteiger partial charge is 0.258 e. The first-order chi connectivity index (χ1) is 15.1. The molecule has 1 aromatic heterocycles. The standard InChI is InChI=1S/C26H30FN3O/c1-3-4-5-14-30-15-12-19(13-16-30)24-18-28-25-11-10-22(17-23(24)25)29(2)26(31)20-6-8-21(27)9-7-20/h6-12,17-18,28H,3-5,13-16H2,1-2H3. The largest absolute Gasteiger partial charge is 0.361 e. The van der Waals surface area contributed by atoms with Crippen LogP contribution in [0.5, 0.6) is 0 Å². The lowest BCUT2D eigenvalue weighted by Crippen LogP contribution is -2.29. The lowest BCUT2D eigenvalue weighted by molar-refractivity contribution is 0.0993. The van der Waals surface area contributed by atoms with E-state index in [0.717, 1.165) is 36.1 Å². The highest BCUT2D eigenvalue weighted by Crippen LogP contribution is 2.32. The van der Waals surface area contributed by atoms with Crippen molar-refractivity contribution in [3.05, 3.63) is 71.7 Å². The van der Waals surface area contributed by atoms with Crippen molar-refractivity contribution in [2.75, 3.05) is 31.6 Å². The number of hydrogen-bond acceptors (Lipinski definition) is 2. The van der Waals surface area contributed by atoms with Crippen molar-refractivity contribution in [3.8, 4) is 0 Å². The third-order valence-electron chi connectivity index (χ3n) is 6.17. The SMILES string of the molecule is CCCCCN1CC=C(c2c[nH]c3ccc(N(C)C(=O)c4ccc(F)cc4)cc23)CC1. The van der Waals surface area contributed by atoms with Crippen LogP contribution in [0.4, 0.5) is 10.1 Å². The number of H-pyrrole nitrogens is 1. The van der Waals surface area contributed by atoms with Crippen LogP contribution >= 0.6 is 0 Å². The van der Waals surface area contributed by atoms with Gasteiger partial charge in [0, 0.05) is 54.1 Å². The second-order valence-electron chi connectivity index (χ2n) is 8.29. The van der Waals surface area contributed by atoms with Crippen molar-refractivity contribution in [1.29, 1.82) is 0 Å². The maximum Gasteiger partial charge on any atom is 0.258 e. The molecule has 1 aliphatic heterocycles. The number of fused-ring (bicyclic) bond motifs is 1. The van der Waals surface area contributed by atoms with Crippen LogP contribution < -0.4 is 4.90 Å². The Labute approximate surface area is 183 Å². The van der Waals surface area contributed by atoms with Gasteiger partial charge in [0.25, 0.3) is 5.91 Å². The number of amides is 1. The van der Waals surface area contributed by atoms with Crippen molar-refractivity contribution < 1.29 is 9.18 Å². The van der Waals surface area contributed by atoms with Crippen molar-refractivity contribution >= 4 is 28.1 Å². The molecule has 0 aliphatic carbocycles. The minimum absolute atomic E-state index is 0.156. The monoisotopic (exact) mass is 419 g/mol. The van der Waals surface area contributed by atoms with E-state index >= 15 is 0 Å². The Kier molecular flexibility index (Phi) is 6.52. The van der Waals surface area contributed by atoms with Crippen molar-refractivity contribution in [3.63, 3.8) is 0 Å². The Hall–Kier alpha value is -2.92. The summed E-state index contributed by atoms with van der Waals surface area (Å²) in [7, 11) is 1.76. The van der Waals surface area contributed by atoms with E-state index < -0.39 is 0 Å². The molecule has 0 spiro atoms. The van der Waals surface area contributed by atoms with E-state index in [0.29, 0.717) is 5.56 Å². The Morgan fingerprint density at radius 3 is 2.68 bits per heavy atom. The Morgan fingerprint density at radius 2 is 1.97 bits per heavy atom. The number of nitrogens with zero attached hydrogens (tertiary/aromatic N) is 2. The fourth-order valence-corrected chi connectivity index (χ4v) is 4.23. The number of halogens is 1. The lowest BCUT2D eigenvalue weighted by atomic mass is 9.98. The Balaban J connectivity index is 1.54. The molecular formula is C26H30FN3O. The zero-order valence-electron chi connectivity index (χ0n) is 18.3. The summed E-state index contributed by atoms with van der Waals surface area (Å²) in [4.78, 5) is 20.4. The highest BCUT2D eigenvalue weighted by atomic mass is 19.1. The van der Waals surface area contributed by atoms with Crippen LogP contribution in [-0.4, -0.2) is 42.5 Å². The molecule has 162 valence electrons. The van der Waals surface area contributed by atoms with Gasteiger partial charge < -0.3 is 9.88 Å². The number of anilines is 1. The number of benzene rings is 2. The van der Waals surface area contributed by atoms with Gasteiger partial charge in [-0.3, -0.25) is 9.69 Å². The van der Waals surface area contributed by atoms with Gasteiger partial charge in [0.1, 0.15) is 5.82 Å². The average Bonchev–Trinajstić information content (AvgIpc) is 3.22. The molecule has 4 nitrogen and oxygen atoms in total. The van der Waals surface area contributed by atoms with Gasteiger partial charge in [-0.05, 0) is 67.4 Å². The van der Waals surface area contributed by atoms with Gasteiger partial charge in [0.05, 0.1) is 0 Å². The number of nitrogens with one attached hydrogen (secondary N) is 1. The van der Waals surface area contributed by atoms with Gasteiger partial charge >= 0.3 is 0 Å². The molecule has 1 aliphatic rings. The zero-order chi connectivity index (χ0) is 21.8. The van der Waals surface area contributed by atoms with E-state index in [1.165, 1.54) is 61.2 Å². The van der Waals surface area contributed by atoms with E-state index in [4.69, 9.17) is 0 Å². The molecule has 1 amide bonds. The molecule has 0 fully saturated rings. The third-order valence-corrected chi connectivity index (χ3v) is 6.17. The van der Waals surface area contributed by atoms with Gasteiger partial charge in [0.15, 0.2) is 0 Å². The maximum absolute atomic E-state index is 13.2. The Bertz CT molecular complexity index is 1080. The summed E-state index contributed by atoms with van der Waals surface area (Å²) in [5, 5.41) is 1.13. The van der Waals surface area contributed by atoms with E-state index in [1.54, 1.807) is 11.9 Å². The quantitative estimate of drug-likeness (QED) is 0.487. The third kappa shape index (κ3) is 4.72. The Morgan fingerprint density at radius 1 is 1.16 bits per heavy atom. The van der Waals surface area contributed by atoms with Gasteiger partial charge in [-0.25, -0.2) is 4.39 Å². The minimum Gasteiger partial charge on any atom is -0.361 e. The molecule has 3 aromatic rings. The van der Waals surface area contributed by atoms with E-state index in [2.05, 4.69) is 35.1 Å². The summed E-state index contributed by atoms with van der Waals surface area (Å²) in [5.41, 5.74) is 4.93. The minimum atomic E-state index is -0.345. The number of carbonyl (C=O) groups is 1. The molecule has 0 unspecified atom stereocenters. The average molecular weight is 420 g/mol. The van der Waals surface area contributed by atoms with Crippen LogP contribution in [0, 0.1) is 5.82 Å². The van der Waals surface area contributed by atoms with Crippen LogP contribution in [0.2, 0.25) is 0 Å². The van der Waals surface area contributed by atoms with Gasteiger partial charge in [-0.2, -0.15) is 0 Å². The number of hydrogen-bond donors (Lipinski definition) is 1. The van der Waals surface area contributed by atoms with Crippen LogP contribution in [0.25, 0.3) is 16.5 Å². The predicted molar refractivity (Wildman–Crippen MR) is 126 cm³/mol. The fourth-order valence-electron chi connectivity index (χ4n) is 4.23. The molecule has 4 rings (SSSR count). The number of carbonyl (C=O) groups excluding carboxylic acids is 1. The molecule has 31 heavy (non-hydrogen) atoms. The van der Waals surface area contributed by atoms with Crippen molar-refractivity contribution in [2.45, 2.75) is 32.6 Å². The van der Waals surface area contributed by atoms with E-state index in [1.807, 2.05) is 12.1 Å². The predicted octanol–water partition coefficient (Wildman–Crippen LogP) is 5.86. The number of aromatic amines is 1. The highest BCUT2D eigenvalue weighted by Gasteiger charge is 2.18. The number of rotatable bonds is 7. The second kappa shape index (κ2) is 9.48. The molecule has 1 N–H and O–H groups in total. The molecule has 0 radical (unpaired) electrons. The first-order valence-corrected chi connectivity index (χ1v) is 11.1. The van der Waals surface area contributed by atoms with E-state index in [9.17, 15) is 9.18 Å². The van der Waals surface area contributed by atoms with Gasteiger partial charge in [-0.15, -0.1) is 0 Å². The molecule has 2 aromatic carbocycles. The van der Waals surface area contributed by atoms with Crippen LogP contribution in [-0.2, 0) is 0 Å². The summed E-state index contributed by atoms with van der Waals surface area (Å²) in [6.45, 7) is 5.50. The molecule has 0 saturated heterocycles. The fraction of sp³-hybridized carbons (Fsp3) is 0.346. The van der Waals surface area contributed by atoms with Crippen LogP contribution in [0.3, 0.4) is 0 Å². The molecular weight excluding hydrogens is 389 g/mol. The van der Waals surface area contributed by atoms with Crippen LogP contribution in [0.1, 0.15) is 48.5 Å². The summed E-state index contributed by atoms with van der Waals surface area (Å²) >= 11 is 0. The molecule has 0 atom stereocenters. The van der Waals surface area contributed by atoms with Gasteiger partial charge in [0.2, 0.25) is 0 Å². The summed E-state index contributed by atoms with van der Waals surface area (Å²) < 4.78 is 13.2. The summed E-state index contributed by atoms with van der Waals surface area (Å²) in [5.74, 6) is -0.502. The van der Waals surface area contributed by atoms with E-state index in [-0.39, 0.29) is 11.7 Å². The molecule has 0 bridgehead atoms. The molecule has 0 saturated carbocycles. The number of aromatic nitrogens is 1. The molecule has 5 heteroatoms. The van der Waals surface area contributed by atoms with Crippen molar-refractivity contribution in [2.24, 2.45) is 0 Å². The first-order valence-electron chi connectivity index (χ1n) is 11.1. The highest BCUT2D eigenvalue weighted by molar-refractivity contribution is 6.07. The maximum atomic E-state index is 13.2. The summed E-state index contributed by atoms with van der Waals surface area (Å²) in [6.07, 6.45) is 9.28. The number of unbranched alkanes of at least 4 members (excludes halogenated alkanes) is 2. The lowest BCUT2D eigenvalue weighted by Gasteiger charge is -2.26. The normalized spacial score (nSPS) is 14.6. The van der Waals surface area contributed by atoms with Gasteiger partial charge in [-0.1, -0.05) is 25.8 Å². The molecule has 2 heterocycles. The summed E-state index contributed by atoms with van der Waals surface area (Å²) in [6, 6.07) is 11.7. The van der Waals surface area contributed by atoms with Crippen molar-refractivity contribution in [1.82, 2.24) is 9.88 Å². The topological polar surface area (TPSA) is 39.3 Å².